The largest absolute Gasteiger partial charge is 0.496 e. The monoisotopic (exact) mass is 620 g/mol. The number of aromatic nitrogens is 1. The average molecular weight is 621 g/mol. The highest BCUT2D eigenvalue weighted by Gasteiger charge is 2.36. The van der Waals surface area contributed by atoms with Gasteiger partial charge in [-0.05, 0) is 117 Å². The molecule has 5 rings (SSSR count). The number of piperidine rings is 1. The normalized spacial score (nSPS) is 23.3. The summed E-state index contributed by atoms with van der Waals surface area (Å²) in [6, 6.07) is 6.76. The lowest BCUT2D eigenvalue weighted by Gasteiger charge is -2.37. The molecule has 5 heteroatoms. The van der Waals surface area contributed by atoms with Gasteiger partial charge >= 0.3 is 0 Å². The van der Waals surface area contributed by atoms with Crippen LogP contribution in [0.1, 0.15) is 71.5 Å². The SMILES string of the molecule is C=Cc1cnc2c(c1)CCc1cc(C)cc(OC)c1C2C1CCN(C(=O)CC2=C/C=C(/I)CC/C=C\2)CC1. The minimum absolute atomic E-state index is 0.164. The Hall–Kier alpha value is -2.67. The van der Waals surface area contributed by atoms with E-state index in [0.29, 0.717) is 12.3 Å². The Balaban J connectivity index is 1.40. The van der Waals surface area contributed by atoms with Crippen LogP contribution in [0.3, 0.4) is 0 Å². The highest BCUT2D eigenvalue weighted by atomic mass is 127. The summed E-state index contributed by atoms with van der Waals surface area (Å²) in [5, 5.41) is 0. The van der Waals surface area contributed by atoms with Gasteiger partial charge in [-0.15, -0.1) is 0 Å². The predicted molar refractivity (Wildman–Crippen MR) is 164 cm³/mol. The van der Waals surface area contributed by atoms with E-state index in [9.17, 15) is 4.79 Å². The fraction of sp³-hybridized carbons (Fsp3) is 0.394. The second-order valence-corrected chi connectivity index (χ2v) is 12.1. The molecule has 1 aromatic carbocycles. The molecular weight excluding hydrogens is 583 g/mol. The smallest absolute Gasteiger partial charge is 0.226 e. The number of carbonyl (C=O) groups excluding carboxylic acids is 1. The van der Waals surface area contributed by atoms with E-state index in [-0.39, 0.29) is 11.8 Å². The summed E-state index contributed by atoms with van der Waals surface area (Å²) in [4.78, 5) is 20.4. The van der Waals surface area contributed by atoms with Crippen LogP contribution in [-0.2, 0) is 17.6 Å². The number of likely N-dealkylation sites (tertiary alicyclic amines) is 1. The Morgan fingerprint density at radius 1 is 1.16 bits per heavy atom. The van der Waals surface area contributed by atoms with Crippen molar-refractivity contribution < 1.29 is 9.53 Å². The summed E-state index contributed by atoms with van der Waals surface area (Å²) in [7, 11) is 1.78. The molecule has 1 aromatic heterocycles. The summed E-state index contributed by atoms with van der Waals surface area (Å²) in [5.41, 5.74) is 8.55. The molecule has 0 spiro atoms. The van der Waals surface area contributed by atoms with Crippen LogP contribution >= 0.6 is 22.6 Å². The van der Waals surface area contributed by atoms with Gasteiger partial charge in [-0.25, -0.2) is 0 Å². The van der Waals surface area contributed by atoms with Crippen molar-refractivity contribution in [3.8, 4) is 5.75 Å². The molecule has 1 unspecified atom stereocenters. The molecule has 0 radical (unpaired) electrons. The van der Waals surface area contributed by atoms with Gasteiger partial charge in [0, 0.05) is 30.8 Å². The lowest BCUT2D eigenvalue weighted by Crippen LogP contribution is -2.40. The summed E-state index contributed by atoms with van der Waals surface area (Å²) in [5.74, 6) is 1.76. The van der Waals surface area contributed by atoms with Crippen molar-refractivity contribution in [1.82, 2.24) is 9.88 Å². The zero-order valence-corrected chi connectivity index (χ0v) is 24.7. The van der Waals surface area contributed by atoms with Crippen LogP contribution in [0.15, 0.2) is 64.4 Å². The van der Waals surface area contributed by atoms with Crippen molar-refractivity contribution in [1.29, 1.82) is 0 Å². The molecule has 0 bridgehead atoms. The highest BCUT2D eigenvalue weighted by Crippen LogP contribution is 2.46. The lowest BCUT2D eigenvalue weighted by atomic mass is 9.75. The minimum Gasteiger partial charge on any atom is -0.496 e. The third kappa shape index (κ3) is 5.83. The van der Waals surface area contributed by atoms with Gasteiger partial charge in [0.05, 0.1) is 19.2 Å². The Morgan fingerprint density at radius 2 is 1.95 bits per heavy atom. The van der Waals surface area contributed by atoms with Crippen LogP contribution in [0.2, 0.25) is 0 Å². The number of fused-ring (bicyclic) bond motifs is 2. The number of allylic oxidation sites excluding steroid dienone is 5. The van der Waals surface area contributed by atoms with Gasteiger partial charge in [-0.1, -0.05) is 43.0 Å². The number of nitrogens with zero attached hydrogens (tertiary/aromatic N) is 2. The molecule has 1 amide bonds. The summed E-state index contributed by atoms with van der Waals surface area (Å²) in [6.45, 7) is 7.68. The maximum atomic E-state index is 13.3. The first-order valence-electron chi connectivity index (χ1n) is 13.7. The van der Waals surface area contributed by atoms with Gasteiger partial charge in [0.25, 0.3) is 0 Å². The van der Waals surface area contributed by atoms with Crippen molar-refractivity contribution in [2.75, 3.05) is 20.2 Å². The molecule has 1 atom stereocenters. The van der Waals surface area contributed by atoms with Crippen molar-refractivity contribution in [2.45, 2.75) is 57.8 Å². The standard InChI is InChI=1S/C33H37IN2O2/c1-4-23-19-27-11-10-26-17-22(2)18-29(38-3)31(26)32(33(27)35-21-23)25-13-15-36(16-14-25)30(37)20-24-7-5-6-8-28(34)12-9-24/h4-5,7,9,12,17-19,21,25,32H,1,6,8,10-11,13-16,20H2,2-3H3/b7-5-,24-9+,28-12+. The number of methoxy groups -OCH3 is 1. The van der Waals surface area contributed by atoms with E-state index in [4.69, 9.17) is 9.72 Å². The lowest BCUT2D eigenvalue weighted by molar-refractivity contribution is -0.131. The topological polar surface area (TPSA) is 42.4 Å². The first-order chi connectivity index (χ1) is 18.5. The fourth-order valence-electron chi connectivity index (χ4n) is 6.24. The number of amides is 1. The molecule has 2 aromatic rings. The van der Waals surface area contributed by atoms with Crippen LogP contribution in [0.5, 0.6) is 5.75 Å². The third-order valence-corrected chi connectivity index (χ3v) is 9.10. The van der Waals surface area contributed by atoms with E-state index in [2.05, 4.69) is 83.5 Å². The molecule has 0 saturated carbocycles. The molecule has 4 nitrogen and oxygen atoms in total. The van der Waals surface area contributed by atoms with E-state index in [0.717, 1.165) is 68.5 Å². The first-order valence-corrected chi connectivity index (χ1v) is 14.8. The van der Waals surface area contributed by atoms with Gasteiger partial charge in [0.2, 0.25) is 5.91 Å². The summed E-state index contributed by atoms with van der Waals surface area (Å²) >= 11 is 2.39. The zero-order valence-electron chi connectivity index (χ0n) is 22.5. The van der Waals surface area contributed by atoms with Crippen molar-refractivity contribution in [3.05, 3.63) is 97.9 Å². The van der Waals surface area contributed by atoms with Crippen molar-refractivity contribution in [3.63, 3.8) is 0 Å². The number of rotatable bonds is 5. The van der Waals surface area contributed by atoms with Gasteiger partial charge in [-0.3, -0.25) is 9.78 Å². The molecule has 198 valence electrons. The van der Waals surface area contributed by atoms with Crippen molar-refractivity contribution >= 4 is 34.6 Å². The quantitative estimate of drug-likeness (QED) is 0.326. The zero-order chi connectivity index (χ0) is 26.6. The molecule has 38 heavy (non-hydrogen) atoms. The third-order valence-electron chi connectivity index (χ3n) is 8.20. The molecule has 1 saturated heterocycles. The second kappa shape index (κ2) is 12.0. The van der Waals surface area contributed by atoms with E-state index >= 15 is 0 Å². The van der Waals surface area contributed by atoms with Gasteiger partial charge in [0.1, 0.15) is 5.75 Å². The maximum Gasteiger partial charge on any atom is 0.226 e. The summed E-state index contributed by atoms with van der Waals surface area (Å²) in [6.07, 6.45) is 18.9. The van der Waals surface area contributed by atoms with Crippen LogP contribution in [-0.4, -0.2) is 36.0 Å². The number of carbonyl (C=O) groups is 1. The van der Waals surface area contributed by atoms with E-state index < -0.39 is 0 Å². The number of pyridine rings is 1. The Morgan fingerprint density at radius 3 is 2.71 bits per heavy atom. The Kier molecular flexibility index (Phi) is 8.51. The first kappa shape index (κ1) is 26.9. The average Bonchev–Trinajstić information content (AvgIpc) is 3.08. The molecule has 3 aliphatic rings. The Labute approximate surface area is 240 Å². The van der Waals surface area contributed by atoms with Gasteiger partial charge < -0.3 is 9.64 Å². The number of benzene rings is 1. The number of hydrogen-bond donors (Lipinski definition) is 0. The minimum atomic E-state index is 0.164. The van der Waals surface area contributed by atoms with Crippen LogP contribution < -0.4 is 4.74 Å². The molecular formula is C33H37IN2O2. The highest BCUT2D eigenvalue weighted by molar-refractivity contribution is 14.1. The van der Waals surface area contributed by atoms with Crippen LogP contribution in [0.4, 0.5) is 0 Å². The second-order valence-electron chi connectivity index (χ2n) is 10.7. The van der Waals surface area contributed by atoms with E-state index in [1.165, 1.54) is 31.5 Å². The number of aryl methyl sites for hydroxylation is 3. The van der Waals surface area contributed by atoms with Gasteiger partial charge in [0.15, 0.2) is 0 Å². The molecule has 1 aliphatic heterocycles. The number of ether oxygens (including phenoxy) is 1. The predicted octanol–water partition coefficient (Wildman–Crippen LogP) is 7.50. The van der Waals surface area contributed by atoms with E-state index in [1.54, 1.807) is 7.11 Å². The van der Waals surface area contributed by atoms with Gasteiger partial charge in [-0.2, -0.15) is 0 Å². The Bertz CT molecular complexity index is 1310. The molecule has 2 aliphatic carbocycles. The molecule has 1 fully saturated rings. The van der Waals surface area contributed by atoms with Crippen LogP contribution in [0, 0.1) is 12.8 Å². The van der Waals surface area contributed by atoms with Crippen molar-refractivity contribution in [2.24, 2.45) is 5.92 Å². The molecule has 0 N–H and O–H groups in total. The van der Waals surface area contributed by atoms with E-state index in [1.807, 2.05) is 12.3 Å². The van der Waals surface area contributed by atoms with Crippen LogP contribution in [0.25, 0.3) is 6.08 Å². The fourth-order valence-corrected chi connectivity index (χ4v) is 6.73. The number of halogens is 1. The number of hydrogen-bond acceptors (Lipinski definition) is 3. The maximum absolute atomic E-state index is 13.3. The molecule has 2 heterocycles. The summed E-state index contributed by atoms with van der Waals surface area (Å²) < 4.78 is 7.31.